The first-order valence-electron chi connectivity index (χ1n) is 7.32. The molecule has 25 heavy (non-hydrogen) atoms. The molecule has 0 aromatic carbocycles. The lowest BCUT2D eigenvalue weighted by Crippen LogP contribution is -2.49. The van der Waals surface area contributed by atoms with Crippen LogP contribution in [0.3, 0.4) is 0 Å². The fourth-order valence-corrected chi connectivity index (χ4v) is 3.62. The van der Waals surface area contributed by atoms with Crippen LogP contribution in [0.1, 0.15) is 20.8 Å². The molecule has 0 spiro atoms. The van der Waals surface area contributed by atoms with E-state index in [1.165, 1.54) is 25.7 Å². The highest BCUT2D eigenvalue weighted by molar-refractivity contribution is 8.23. The molecule has 2 saturated heterocycles. The van der Waals surface area contributed by atoms with Gasteiger partial charge in [0.2, 0.25) is 5.91 Å². The number of amides is 1. The highest BCUT2D eigenvalue weighted by atomic mass is 32.2. The molecule has 2 aliphatic heterocycles. The van der Waals surface area contributed by atoms with Crippen LogP contribution in [0.25, 0.3) is 0 Å². The van der Waals surface area contributed by atoms with Crippen LogP contribution in [-0.4, -0.2) is 69.9 Å². The Hall–Kier alpha value is -1.72. The Bertz CT molecular complexity index is 594. The molecule has 0 saturated carbocycles. The number of thiocarbonyl (C=S) groups is 1. The van der Waals surface area contributed by atoms with E-state index in [0.717, 1.165) is 11.8 Å². The Morgan fingerprint density at radius 2 is 1.76 bits per heavy atom. The van der Waals surface area contributed by atoms with Crippen LogP contribution in [0, 0.1) is 0 Å². The lowest BCUT2D eigenvalue weighted by atomic mass is 10.1. The Labute approximate surface area is 153 Å². The second kappa shape index (κ2) is 8.11. The van der Waals surface area contributed by atoms with Crippen molar-refractivity contribution < 1.29 is 38.1 Å². The predicted molar refractivity (Wildman–Crippen MR) is 88.3 cm³/mol. The Kier molecular flexibility index (Phi) is 6.36. The van der Waals surface area contributed by atoms with E-state index in [2.05, 4.69) is 0 Å². The SMILES string of the molecule is CC(=O)OC[C@H]1O[C@@H](N2C(=O)CSC2=S)[C@H](OC(C)=O)[C@@H]1OC(C)=O. The summed E-state index contributed by atoms with van der Waals surface area (Å²) in [5, 5.41) is 0. The maximum Gasteiger partial charge on any atom is 0.303 e. The number of thioether (sulfide) groups is 1. The van der Waals surface area contributed by atoms with Gasteiger partial charge in [-0.2, -0.15) is 0 Å². The zero-order valence-corrected chi connectivity index (χ0v) is 15.4. The molecule has 2 heterocycles. The summed E-state index contributed by atoms with van der Waals surface area (Å²) in [5.41, 5.74) is 0. The van der Waals surface area contributed by atoms with Gasteiger partial charge in [-0.05, 0) is 0 Å². The summed E-state index contributed by atoms with van der Waals surface area (Å²) in [6, 6.07) is 0. The fraction of sp³-hybridized carbons (Fsp3) is 0.643. The summed E-state index contributed by atoms with van der Waals surface area (Å²) in [4.78, 5) is 47.3. The lowest BCUT2D eigenvalue weighted by molar-refractivity contribution is -0.167. The van der Waals surface area contributed by atoms with E-state index in [4.69, 9.17) is 31.2 Å². The van der Waals surface area contributed by atoms with Crippen molar-refractivity contribution in [3.05, 3.63) is 0 Å². The monoisotopic (exact) mass is 391 g/mol. The van der Waals surface area contributed by atoms with Crippen molar-refractivity contribution in [3.8, 4) is 0 Å². The van der Waals surface area contributed by atoms with Gasteiger partial charge in [-0.3, -0.25) is 24.1 Å². The van der Waals surface area contributed by atoms with E-state index in [0.29, 0.717) is 0 Å². The van der Waals surface area contributed by atoms with Gasteiger partial charge in [0.15, 0.2) is 18.4 Å². The minimum Gasteiger partial charge on any atom is -0.463 e. The van der Waals surface area contributed by atoms with Crippen molar-refractivity contribution in [1.29, 1.82) is 0 Å². The number of carbonyl (C=O) groups is 4. The maximum absolute atomic E-state index is 12.1. The molecule has 4 atom stereocenters. The molecular formula is C14H17NO8S2. The van der Waals surface area contributed by atoms with E-state index in [1.807, 2.05) is 0 Å². The van der Waals surface area contributed by atoms with Crippen molar-refractivity contribution in [2.75, 3.05) is 12.4 Å². The molecule has 9 nitrogen and oxygen atoms in total. The largest absolute Gasteiger partial charge is 0.463 e. The Balaban J connectivity index is 2.30. The fourth-order valence-electron chi connectivity index (χ4n) is 2.51. The number of rotatable bonds is 5. The second-order valence-corrected chi connectivity index (χ2v) is 6.94. The minimum atomic E-state index is -1.09. The summed E-state index contributed by atoms with van der Waals surface area (Å²) in [5.74, 6) is -2.01. The average molecular weight is 391 g/mol. The van der Waals surface area contributed by atoms with Crippen LogP contribution in [0.5, 0.6) is 0 Å². The van der Waals surface area contributed by atoms with E-state index in [9.17, 15) is 19.2 Å². The van der Waals surface area contributed by atoms with Gasteiger partial charge in [0.05, 0.1) is 5.75 Å². The zero-order chi connectivity index (χ0) is 18.7. The number of hydrogen-bond acceptors (Lipinski definition) is 10. The molecule has 0 aromatic heterocycles. The first-order valence-corrected chi connectivity index (χ1v) is 8.72. The predicted octanol–water partition coefficient (Wildman–Crippen LogP) is -0.00190. The molecule has 0 unspecified atom stereocenters. The number of ether oxygens (including phenoxy) is 4. The first kappa shape index (κ1) is 19.6. The molecule has 2 aliphatic rings. The van der Waals surface area contributed by atoms with Crippen molar-refractivity contribution in [3.63, 3.8) is 0 Å². The smallest absolute Gasteiger partial charge is 0.303 e. The summed E-state index contributed by atoms with van der Waals surface area (Å²) in [6.07, 6.45) is -4.12. The Morgan fingerprint density at radius 1 is 1.16 bits per heavy atom. The van der Waals surface area contributed by atoms with Gasteiger partial charge < -0.3 is 18.9 Å². The van der Waals surface area contributed by atoms with E-state index < -0.39 is 42.4 Å². The zero-order valence-electron chi connectivity index (χ0n) is 13.8. The third-order valence-electron chi connectivity index (χ3n) is 3.38. The van der Waals surface area contributed by atoms with Crippen LogP contribution in [0.2, 0.25) is 0 Å². The molecular weight excluding hydrogens is 374 g/mol. The molecule has 0 aromatic rings. The quantitative estimate of drug-likeness (QED) is 0.361. The molecule has 0 radical (unpaired) electrons. The highest BCUT2D eigenvalue weighted by Gasteiger charge is 2.54. The van der Waals surface area contributed by atoms with E-state index >= 15 is 0 Å². The van der Waals surface area contributed by atoms with E-state index in [1.54, 1.807) is 0 Å². The first-order chi connectivity index (χ1) is 11.7. The molecule has 1 amide bonds. The number of esters is 3. The van der Waals surface area contributed by atoms with Gasteiger partial charge in [-0.25, -0.2) is 0 Å². The summed E-state index contributed by atoms with van der Waals surface area (Å²) >= 11 is 6.30. The van der Waals surface area contributed by atoms with Crippen LogP contribution < -0.4 is 0 Å². The van der Waals surface area contributed by atoms with Crippen molar-refractivity contribution in [2.45, 2.75) is 45.3 Å². The normalized spacial score (nSPS) is 28.8. The lowest BCUT2D eigenvalue weighted by Gasteiger charge is -2.28. The van der Waals surface area contributed by atoms with Gasteiger partial charge in [0, 0.05) is 20.8 Å². The number of carbonyl (C=O) groups excluding carboxylic acids is 4. The second-order valence-electron chi connectivity index (χ2n) is 5.33. The minimum absolute atomic E-state index is 0.137. The third kappa shape index (κ3) is 4.67. The summed E-state index contributed by atoms with van der Waals surface area (Å²) in [7, 11) is 0. The van der Waals surface area contributed by atoms with Gasteiger partial charge in [0.25, 0.3) is 0 Å². The van der Waals surface area contributed by atoms with Crippen LogP contribution >= 0.6 is 24.0 Å². The van der Waals surface area contributed by atoms with Crippen molar-refractivity contribution >= 4 is 52.1 Å². The molecule has 138 valence electrons. The van der Waals surface area contributed by atoms with Gasteiger partial charge >= 0.3 is 17.9 Å². The number of nitrogens with zero attached hydrogens (tertiary/aromatic N) is 1. The third-order valence-corrected chi connectivity index (χ3v) is 4.76. The van der Waals surface area contributed by atoms with Crippen molar-refractivity contribution in [1.82, 2.24) is 4.90 Å². The molecule has 11 heteroatoms. The molecule has 2 fully saturated rings. The molecule has 2 rings (SSSR count). The van der Waals surface area contributed by atoms with Gasteiger partial charge in [-0.1, -0.05) is 24.0 Å². The average Bonchev–Trinajstić information content (AvgIpc) is 2.97. The summed E-state index contributed by atoms with van der Waals surface area (Å²) in [6.45, 7) is 3.35. The van der Waals surface area contributed by atoms with Crippen LogP contribution in [0.4, 0.5) is 0 Å². The topological polar surface area (TPSA) is 108 Å². The molecule has 0 aliphatic carbocycles. The van der Waals surface area contributed by atoms with Crippen LogP contribution in [0.15, 0.2) is 0 Å². The summed E-state index contributed by atoms with van der Waals surface area (Å²) < 4.78 is 21.4. The van der Waals surface area contributed by atoms with Crippen LogP contribution in [-0.2, 0) is 38.1 Å². The molecule has 0 bridgehead atoms. The van der Waals surface area contributed by atoms with Gasteiger partial charge in [-0.15, -0.1) is 0 Å². The van der Waals surface area contributed by atoms with Crippen molar-refractivity contribution in [2.24, 2.45) is 0 Å². The Morgan fingerprint density at radius 3 is 2.24 bits per heavy atom. The standard InChI is InChI=1S/C14H17NO8S2/c1-6(16)20-4-9-11(21-7(2)17)12(22-8(3)18)13(23-9)15-10(19)5-25-14(15)24/h9,11-13H,4-5H2,1-3H3/t9-,11-,12-,13-/m1/s1. The van der Waals surface area contributed by atoms with Gasteiger partial charge in [0.1, 0.15) is 17.0 Å². The van der Waals surface area contributed by atoms with E-state index in [-0.39, 0.29) is 22.6 Å². The number of hydrogen-bond donors (Lipinski definition) is 0. The highest BCUT2D eigenvalue weighted by Crippen LogP contribution is 2.34. The maximum atomic E-state index is 12.1. The molecule has 0 N–H and O–H groups in total.